The summed E-state index contributed by atoms with van der Waals surface area (Å²) in [5, 5.41) is 12.5. The van der Waals surface area contributed by atoms with Gasteiger partial charge in [-0.05, 0) is 31.9 Å². The van der Waals surface area contributed by atoms with Gasteiger partial charge in [-0.1, -0.05) is 0 Å². The number of carboxylic acid groups (broad SMARTS) is 1. The number of fused-ring (bicyclic) bond motifs is 1. The van der Waals surface area contributed by atoms with Crippen molar-refractivity contribution in [2.45, 2.75) is 37.9 Å². The highest BCUT2D eigenvalue weighted by atomic mass is 16.4. The van der Waals surface area contributed by atoms with Gasteiger partial charge in [0.25, 0.3) is 0 Å². The number of carboxylic acids is 1. The molecule has 2 fully saturated rings. The van der Waals surface area contributed by atoms with Crippen LogP contribution < -0.4 is 5.32 Å². The number of carbonyl (C=O) groups is 1. The second-order valence-electron chi connectivity index (χ2n) is 5.08. The fraction of sp³-hybridized carbons (Fsp3) is 0.615. The molecule has 0 radical (unpaired) electrons. The van der Waals surface area contributed by atoms with Crippen molar-refractivity contribution in [3.8, 4) is 0 Å². The molecule has 5 nitrogen and oxygen atoms in total. The molecule has 0 amide bonds. The summed E-state index contributed by atoms with van der Waals surface area (Å²) in [4.78, 5) is 13.5. The van der Waals surface area contributed by atoms with Crippen LogP contribution in [0.4, 0.5) is 0 Å². The van der Waals surface area contributed by atoms with Crippen molar-refractivity contribution >= 4 is 5.97 Å². The van der Waals surface area contributed by atoms with Gasteiger partial charge in [0.1, 0.15) is 11.3 Å². The van der Waals surface area contributed by atoms with Crippen molar-refractivity contribution in [3.05, 3.63) is 23.7 Å². The van der Waals surface area contributed by atoms with Crippen LogP contribution >= 0.6 is 0 Å². The van der Waals surface area contributed by atoms with Crippen molar-refractivity contribution in [2.24, 2.45) is 0 Å². The van der Waals surface area contributed by atoms with Gasteiger partial charge in [0.2, 0.25) is 0 Å². The molecule has 3 rings (SSSR count). The molecule has 18 heavy (non-hydrogen) atoms. The normalized spacial score (nSPS) is 27.6. The van der Waals surface area contributed by atoms with Gasteiger partial charge >= 0.3 is 5.97 Å². The van der Waals surface area contributed by atoms with Crippen LogP contribution in [0.15, 0.2) is 16.7 Å². The highest BCUT2D eigenvalue weighted by Gasteiger charge is 2.36. The van der Waals surface area contributed by atoms with Crippen molar-refractivity contribution in [2.75, 3.05) is 13.1 Å². The Morgan fingerprint density at radius 2 is 2.39 bits per heavy atom. The fourth-order valence-electron chi connectivity index (χ4n) is 3.21. The van der Waals surface area contributed by atoms with Gasteiger partial charge in [0.05, 0.1) is 12.8 Å². The van der Waals surface area contributed by atoms with Gasteiger partial charge < -0.3 is 14.8 Å². The summed E-state index contributed by atoms with van der Waals surface area (Å²) in [6, 6.07) is 2.61. The van der Waals surface area contributed by atoms with E-state index in [9.17, 15) is 4.79 Å². The SMILES string of the molecule is O=C(O)c1ccoc1CNC1CCN2CCCC12. The van der Waals surface area contributed by atoms with Crippen molar-refractivity contribution in [1.82, 2.24) is 10.2 Å². The standard InChI is InChI=1S/C13H18N2O3/c16-13(17)9-4-7-18-12(9)8-14-10-3-6-15-5-1-2-11(10)15/h4,7,10-11,14H,1-3,5-6,8H2,(H,16,17). The average molecular weight is 250 g/mol. The van der Waals surface area contributed by atoms with Gasteiger partial charge in [-0.15, -0.1) is 0 Å². The first-order valence-electron chi connectivity index (χ1n) is 6.53. The maximum atomic E-state index is 11.0. The van der Waals surface area contributed by atoms with E-state index in [4.69, 9.17) is 9.52 Å². The molecule has 2 aliphatic rings. The Kier molecular flexibility index (Phi) is 3.09. The Morgan fingerprint density at radius 1 is 1.50 bits per heavy atom. The molecule has 2 atom stereocenters. The van der Waals surface area contributed by atoms with E-state index in [1.807, 2.05) is 0 Å². The Hall–Kier alpha value is -1.33. The first kappa shape index (κ1) is 11.7. The second-order valence-corrected chi connectivity index (χ2v) is 5.08. The molecule has 0 aromatic carbocycles. The quantitative estimate of drug-likeness (QED) is 0.843. The van der Waals surface area contributed by atoms with E-state index in [1.54, 1.807) is 0 Å². The van der Waals surface area contributed by atoms with Crippen LogP contribution in [0.2, 0.25) is 0 Å². The average Bonchev–Trinajstić information content (AvgIpc) is 3.03. The number of furan rings is 1. The van der Waals surface area contributed by atoms with Gasteiger partial charge in [-0.25, -0.2) is 4.79 Å². The van der Waals surface area contributed by atoms with E-state index >= 15 is 0 Å². The van der Waals surface area contributed by atoms with E-state index in [0.717, 1.165) is 13.0 Å². The largest absolute Gasteiger partial charge is 0.478 e. The third-order valence-electron chi connectivity index (χ3n) is 4.11. The Morgan fingerprint density at radius 3 is 3.22 bits per heavy atom. The lowest BCUT2D eigenvalue weighted by atomic mass is 10.1. The number of hydrogen-bond acceptors (Lipinski definition) is 4. The summed E-state index contributed by atoms with van der Waals surface area (Å²) in [5.41, 5.74) is 0.267. The van der Waals surface area contributed by atoms with E-state index in [-0.39, 0.29) is 5.56 Å². The molecular weight excluding hydrogens is 232 g/mol. The molecule has 98 valence electrons. The molecule has 0 spiro atoms. The number of hydrogen-bond donors (Lipinski definition) is 2. The number of rotatable bonds is 4. The molecule has 0 saturated carbocycles. The minimum absolute atomic E-state index is 0.267. The topological polar surface area (TPSA) is 65.7 Å². The van der Waals surface area contributed by atoms with Gasteiger partial charge in [0, 0.05) is 18.6 Å². The Labute approximate surface area is 106 Å². The maximum Gasteiger partial charge on any atom is 0.339 e. The number of aromatic carboxylic acids is 1. The van der Waals surface area contributed by atoms with Crippen LogP contribution in [-0.4, -0.2) is 41.1 Å². The lowest BCUT2D eigenvalue weighted by Gasteiger charge is -2.20. The van der Waals surface area contributed by atoms with Crippen LogP contribution in [0, 0.1) is 0 Å². The molecular formula is C13H18N2O3. The van der Waals surface area contributed by atoms with Crippen LogP contribution in [0.3, 0.4) is 0 Å². The Bertz CT molecular complexity index is 443. The van der Waals surface area contributed by atoms with Gasteiger partial charge in [0.15, 0.2) is 0 Å². The molecule has 0 aliphatic carbocycles. The summed E-state index contributed by atoms with van der Waals surface area (Å²) < 4.78 is 5.24. The van der Waals surface area contributed by atoms with E-state index in [1.165, 1.54) is 31.7 Å². The summed E-state index contributed by atoms with van der Waals surface area (Å²) in [7, 11) is 0. The number of nitrogens with one attached hydrogen (secondary N) is 1. The van der Waals surface area contributed by atoms with E-state index < -0.39 is 5.97 Å². The predicted molar refractivity (Wildman–Crippen MR) is 65.5 cm³/mol. The molecule has 2 unspecified atom stereocenters. The minimum atomic E-state index is -0.922. The van der Waals surface area contributed by atoms with Crippen molar-refractivity contribution in [1.29, 1.82) is 0 Å². The van der Waals surface area contributed by atoms with E-state index in [2.05, 4.69) is 10.2 Å². The first-order chi connectivity index (χ1) is 8.75. The third-order valence-corrected chi connectivity index (χ3v) is 4.11. The first-order valence-corrected chi connectivity index (χ1v) is 6.53. The smallest absolute Gasteiger partial charge is 0.339 e. The third kappa shape index (κ3) is 2.04. The van der Waals surface area contributed by atoms with Crippen LogP contribution in [0.5, 0.6) is 0 Å². The van der Waals surface area contributed by atoms with Gasteiger partial charge in [-0.3, -0.25) is 4.90 Å². The molecule has 2 N–H and O–H groups in total. The fourth-order valence-corrected chi connectivity index (χ4v) is 3.21. The highest BCUT2D eigenvalue weighted by Crippen LogP contribution is 2.28. The molecule has 0 bridgehead atoms. The highest BCUT2D eigenvalue weighted by molar-refractivity contribution is 5.88. The summed E-state index contributed by atoms with van der Waals surface area (Å²) >= 11 is 0. The Balaban J connectivity index is 1.61. The lowest BCUT2D eigenvalue weighted by Crippen LogP contribution is -2.38. The minimum Gasteiger partial charge on any atom is -0.478 e. The summed E-state index contributed by atoms with van der Waals surface area (Å²) in [5.74, 6) is -0.395. The predicted octanol–water partition coefficient (Wildman–Crippen LogP) is 1.30. The van der Waals surface area contributed by atoms with Crippen LogP contribution in [-0.2, 0) is 6.54 Å². The van der Waals surface area contributed by atoms with Crippen LogP contribution in [0.1, 0.15) is 35.4 Å². The molecule has 3 heterocycles. The van der Waals surface area contributed by atoms with Gasteiger partial charge in [-0.2, -0.15) is 0 Å². The molecule has 1 aromatic rings. The van der Waals surface area contributed by atoms with Crippen molar-refractivity contribution in [3.63, 3.8) is 0 Å². The monoisotopic (exact) mass is 250 g/mol. The zero-order valence-electron chi connectivity index (χ0n) is 10.3. The van der Waals surface area contributed by atoms with Crippen molar-refractivity contribution < 1.29 is 14.3 Å². The zero-order valence-corrected chi connectivity index (χ0v) is 10.3. The molecule has 2 aliphatic heterocycles. The molecule has 1 aromatic heterocycles. The van der Waals surface area contributed by atoms with E-state index in [0.29, 0.717) is 24.4 Å². The maximum absolute atomic E-state index is 11.0. The van der Waals surface area contributed by atoms with Crippen LogP contribution in [0.25, 0.3) is 0 Å². The molecule has 2 saturated heterocycles. The zero-order chi connectivity index (χ0) is 12.5. The second kappa shape index (κ2) is 4.74. The summed E-state index contributed by atoms with van der Waals surface area (Å²) in [6.07, 6.45) is 5.12. The number of nitrogens with zero attached hydrogens (tertiary/aromatic N) is 1. The lowest BCUT2D eigenvalue weighted by molar-refractivity contribution is 0.0694. The molecule has 5 heteroatoms. The summed E-state index contributed by atoms with van der Waals surface area (Å²) in [6.45, 7) is 2.87.